The fraction of sp³-hybridized carbons (Fsp3) is 0.765. The zero-order valence-electron chi connectivity index (χ0n) is 14.2. The molecule has 2 aliphatic heterocycles. The number of aryl methyl sites for hydroxylation is 1. The van der Waals surface area contributed by atoms with Crippen LogP contribution >= 0.6 is 0 Å². The number of ether oxygens (including phenoxy) is 1. The average molecular weight is 322 g/mol. The first-order chi connectivity index (χ1) is 10.9. The Morgan fingerprint density at radius 2 is 2.09 bits per heavy atom. The number of hydrogen-bond acceptors (Lipinski definition) is 5. The summed E-state index contributed by atoms with van der Waals surface area (Å²) >= 11 is 0. The number of nitrogens with zero attached hydrogens (tertiary/aromatic N) is 2. The molecule has 3 heterocycles. The molecule has 0 aliphatic carbocycles. The van der Waals surface area contributed by atoms with Gasteiger partial charge in [-0.1, -0.05) is 19.0 Å². The molecule has 2 aliphatic rings. The van der Waals surface area contributed by atoms with Crippen LogP contribution in [0.25, 0.3) is 0 Å². The van der Waals surface area contributed by atoms with Crippen LogP contribution in [0.3, 0.4) is 0 Å². The summed E-state index contributed by atoms with van der Waals surface area (Å²) in [6, 6.07) is 0. The van der Waals surface area contributed by atoms with E-state index in [0.717, 1.165) is 18.5 Å². The number of amides is 1. The summed E-state index contributed by atoms with van der Waals surface area (Å²) in [5, 5.41) is 14.3. The van der Waals surface area contributed by atoms with Crippen LogP contribution < -0.4 is 0 Å². The topological polar surface area (TPSA) is 75.8 Å². The molecule has 128 valence electrons. The highest BCUT2D eigenvalue weighted by atomic mass is 16.5. The van der Waals surface area contributed by atoms with E-state index in [1.54, 1.807) is 6.92 Å². The van der Waals surface area contributed by atoms with Crippen LogP contribution in [-0.4, -0.2) is 52.5 Å². The van der Waals surface area contributed by atoms with Crippen LogP contribution in [0.5, 0.6) is 0 Å². The molecule has 0 aromatic carbocycles. The van der Waals surface area contributed by atoms with Crippen molar-refractivity contribution in [3.63, 3.8) is 0 Å². The van der Waals surface area contributed by atoms with Crippen LogP contribution in [0.4, 0.5) is 0 Å². The maximum atomic E-state index is 12.9. The molecule has 1 N–H and O–H groups in total. The highest BCUT2D eigenvalue weighted by Gasteiger charge is 2.44. The summed E-state index contributed by atoms with van der Waals surface area (Å²) in [5.41, 5.74) is 0.863. The molecule has 0 radical (unpaired) electrons. The first kappa shape index (κ1) is 16.5. The Morgan fingerprint density at radius 3 is 2.70 bits per heavy atom. The van der Waals surface area contributed by atoms with E-state index in [0.29, 0.717) is 43.9 Å². The molecule has 0 saturated carbocycles. The van der Waals surface area contributed by atoms with E-state index in [1.165, 1.54) is 0 Å². The third kappa shape index (κ3) is 2.90. The van der Waals surface area contributed by atoms with Crippen molar-refractivity contribution < 1.29 is 19.2 Å². The smallest absolute Gasteiger partial charge is 0.259 e. The lowest BCUT2D eigenvalue weighted by Gasteiger charge is -2.46. The molecule has 1 spiro atoms. The fourth-order valence-corrected chi connectivity index (χ4v) is 3.68. The summed E-state index contributed by atoms with van der Waals surface area (Å²) in [5.74, 6) is 0.701. The van der Waals surface area contributed by atoms with Gasteiger partial charge in [0.05, 0.1) is 17.4 Å². The van der Waals surface area contributed by atoms with Gasteiger partial charge in [0.2, 0.25) is 0 Å². The van der Waals surface area contributed by atoms with Gasteiger partial charge >= 0.3 is 0 Å². The molecule has 2 saturated heterocycles. The number of rotatable bonds is 2. The van der Waals surface area contributed by atoms with Gasteiger partial charge in [-0.3, -0.25) is 4.79 Å². The molecule has 3 rings (SSSR count). The van der Waals surface area contributed by atoms with Crippen molar-refractivity contribution in [3.05, 3.63) is 17.0 Å². The number of aliphatic hydroxyl groups excluding tert-OH is 1. The Morgan fingerprint density at radius 1 is 1.39 bits per heavy atom. The maximum Gasteiger partial charge on any atom is 0.259 e. The zero-order valence-corrected chi connectivity index (χ0v) is 14.2. The quantitative estimate of drug-likeness (QED) is 0.904. The minimum absolute atomic E-state index is 0.0207. The minimum atomic E-state index is -0.459. The predicted octanol–water partition coefficient (Wildman–Crippen LogP) is 2.25. The molecule has 6 nitrogen and oxygen atoms in total. The summed E-state index contributed by atoms with van der Waals surface area (Å²) in [4.78, 5) is 14.7. The van der Waals surface area contributed by atoms with Crippen LogP contribution in [0.1, 0.15) is 67.3 Å². The Labute approximate surface area is 136 Å². The van der Waals surface area contributed by atoms with Crippen molar-refractivity contribution >= 4 is 5.91 Å². The van der Waals surface area contributed by atoms with Crippen LogP contribution in [0, 0.1) is 6.92 Å². The molecular formula is C17H26N2O4. The molecular weight excluding hydrogens is 296 g/mol. The number of aliphatic hydroxyl groups is 1. The van der Waals surface area contributed by atoms with Crippen molar-refractivity contribution in [1.29, 1.82) is 0 Å². The average Bonchev–Trinajstić information content (AvgIpc) is 2.92. The lowest BCUT2D eigenvalue weighted by Crippen LogP contribution is -2.56. The van der Waals surface area contributed by atoms with E-state index in [-0.39, 0.29) is 11.8 Å². The summed E-state index contributed by atoms with van der Waals surface area (Å²) in [6.07, 6.45) is 2.64. The van der Waals surface area contributed by atoms with Gasteiger partial charge in [0.25, 0.3) is 5.91 Å². The Hall–Kier alpha value is -1.40. The van der Waals surface area contributed by atoms with Gasteiger partial charge in [-0.25, -0.2) is 0 Å². The number of carbonyl (C=O) groups is 1. The molecule has 23 heavy (non-hydrogen) atoms. The van der Waals surface area contributed by atoms with Gasteiger partial charge in [0.15, 0.2) is 0 Å². The van der Waals surface area contributed by atoms with Crippen molar-refractivity contribution in [2.75, 3.05) is 19.7 Å². The summed E-state index contributed by atoms with van der Waals surface area (Å²) in [6.45, 7) is 7.69. The largest absolute Gasteiger partial charge is 0.390 e. The van der Waals surface area contributed by atoms with Crippen molar-refractivity contribution in [2.45, 2.75) is 64.1 Å². The van der Waals surface area contributed by atoms with E-state index in [4.69, 9.17) is 9.26 Å². The zero-order chi connectivity index (χ0) is 16.6. The number of aromatic nitrogens is 1. The Bertz CT molecular complexity index is 573. The number of hydrogen-bond donors (Lipinski definition) is 1. The molecule has 0 unspecified atom stereocenters. The van der Waals surface area contributed by atoms with E-state index in [9.17, 15) is 9.90 Å². The minimum Gasteiger partial charge on any atom is -0.390 e. The molecule has 1 atom stereocenters. The Kier molecular flexibility index (Phi) is 4.47. The molecule has 6 heteroatoms. The van der Waals surface area contributed by atoms with Gasteiger partial charge in [0.1, 0.15) is 11.3 Å². The van der Waals surface area contributed by atoms with Crippen LogP contribution in [-0.2, 0) is 4.74 Å². The molecule has 1 amide bonds. The van der Waals surface area contributed by atoms with Gasteiger partial charge in [-0.2, -0.15) is 0 Å². The molecule has 1 aromatic rings. The number of likely N-dealkylation sites (tertiary alicyclic amines) is 1. The first-order valence-electron chi connectivity index (χ1n) is 8.52. The monoisotopic (exact) mass is 322 g/mol. The van der Waals surface area contributed by atoms with Crippen molar-refractivity contribution in [2.24, 2.45) is 0 Å². The SMILES string of the molecule is Cc1onc(C(C)C)c1C(=O)N1CCC2(CC1)OCCC[C@H]2O. The lowest BCUT2D eigenvalue weighted by atomic mass is 9.82. The second kappa shape index (κ2) is 6.24. The number of carbonyl (C=O) groups excluding carboxylic acids is 1. The predicted molar refractivity (Wildman–Crippen MR) is 84.4 cm³/mol. The normalized spacial score (nSPS) is 24.4. The first-order valence-corrected chi connectivity index (χ1v) is 8.52. The van der Waals surface area contributed by atoms with E-state index < -0.39 is 11.7 Å². The van der Waals surface area contributed by atoms with Gasteiger partial charge in [-0.15, -0.1) is 0 Å². The number of piperidine rings is 1. The van der Waals surface area contributed by atoms with Gasteiger partial charge < -0.3 is 19.3 Å². The Balaban J connectivity index is 1.73. The second-order valence-electron chi connectivity index (χ2n) is 7.02. The third-order valence-electron chi connectivity index (χ3n) is 5.17. The third-order valence-corrected chi connectivity index (χ3v) is 5.17. The van der Waals surface area contributed by atoms with Crippen molar-refractivity contribution in [3.8, 4) is 0 Å². The maximum absolute atomic E-state index is 12.9. The van der Waals surface area contributed by atoms with E-state index in [2.05, 4.69) is 5.16 Å². The standard InChI is InChI=1S/C17H26N2O4/c1-11(2)15-14(12(3)23-18-15)16(21)19-8-6-17(7-9-19)13(20)5-4-10-22-17/h11,13,20H,4-10H2,1-3H3/t13-/m1/s1. The summed E-state index contributed by atoms with van der Waals surface area (Å²) < 4.78 is 11.1. The van der Waals surface area contributed by atoms with Crippen LogP contribution in [0.15, 0.2) is 4.52 Å². The second-order valence-corrected chi connectivity index (χ2v) is 7.02. The van der Waals surface area contributed by atoms with E-state index in [1.807, 2.05) is 18.7 Å². The van der Waals surface area contributed by atoms with Crippen LogP contribution in [0.2, 0.25) is 0 Å². The lowest BCUT2D eigenvalue weighted by molar-refractivity contribution is -0.174. The summed E-state index contributed by atoms with van der Waals surface area (Å²) in [7, 11) is 0. The van der Waals surface area contributed by atoms with E-state index >= 15 is 0 Å². The highest BCUT2D eigenvalue weighted by Crippen LogP contribution is 2.36. The molecule has 1 aromatic heterocycles. The molecule has 0 bridgehead atoms. The van der Waals surface area contributed by atoms with Gasteiger partial charge in [0, 0.05) is 19.7 Å². The highest BCUT2D eigenvalue weighted by molar-refractivity contribution is 5.96. The van der Waals surface area contributed by atoms with Gasteiger partial charge in [-0.05, 0) is 38.5 Å². The fourth-order valence-electron chi connectivity index (χ4n) is 3.68. The molecule has 2 fully saturated rings. The van der Waals surface area contributed by atoms with Crippen molar-refractivity contribution in [1.82, 2.24) is 10.1 Å².